The molecule has 0 radical (unpaired) electrons. The summed E-state index contributed by atoms with van der Waals surface area (Å²) in [6.45, 7) is 5.09. The zero-order valence-electron chi connectivity index (χ0n) is 23.4. The number of hydrogen-bond acceptors (Lipinski definition) is 5. The van der Waals surface area contributed by atoms with Crippen molar-refractivity contribution in [2.24, 2.45) is 0 Å². The van der Waals surface area contributed by atoms with E-state index in [4.69, 9.17) is 0 Å². The van der Waals surface area contributed by atoms with Crippen LogP contribution in [0.25, 0.3) is 11.4 Å². The maximum absolute atomic E-state index is 13.6. The van der Waals surface area contributed by atoms with Crippen molar-refractivity contribution < 1.29 is 52.7 Å². The number of nitrogens with zero attached hydrogens (tertiary/aromatic N) is 6. The highest BCUT2D eigenvalue weighted by Gasteiger charge is 2.38. The molecule has 6 nitrogen and oxygen atoms in total. The molecule has 0 saturated carbocycles. The lowest BCUT2D eigenvalue weighted by Crippen LogP contribution is -2.16. The second-order valence-corrected chi connectivity index (χ2v) is 11.0. The minimum Gasteiger partial charge on any atom is -0.220 e. The molecular weight excluding hydrogens is 656 g/mol. The Morgan fingerprint density at radius 3 is 1.16 bits per heavy atom. The van der Waals surface area contributed by atoms with Gasteiger partial charge >= 0.3 is 24.7 Å². The van der Waals surface area contributed by atoms with Crippen LogP contribution in [0.4, 0.5) is 52.7 Å². The van der Waals surface area contributed by atoms with E-state index in [1.807, 2.05) is 0 Å². The van der Waals surface area contributed by atoms with Crippen molar-refractivity contribution >= 4 is 11.8 Å². The second-order valence-electron chi connectivity index (χ2n) is 9.95. The van der Waals surface area contributed by atoms with Gasteiger partial charge < -0.3 is 0 Å². The van der Waals surface area contributed by atoms with Crippen LogP contribution >= 0.6 is 11.8 Å². The van der Waals surface area contributed by atoms with E-state index in [1.165, 1.54) is 39.8 Å². The summed E-state index contributed by atoms with van der Waals surface area (Å²) in [7, 11) is 0. The number of benzene rings is 2. The molecule has 0 atom stereocenters. The van der Waals surface area contributed by atoms with Crippen LogP contribution in [0.5, 0.6) is 0 Å². The van der Waals surface area contributed by atoms with Gasteiger partial charge in [0.05, 0.1) is 24.2 Å². The lowest BCUT2D eigenvalue weighted by atomic mass is 9.97. The first kappa shape index (κ1) is 34.1. The highest BCUT2D eigenvalue weighted by molar-refractivity contribution is 7.99. The van der Waals surface area contributed by atoms with Gasteiger partial charge in [-0.15, -0.1) is 10.2 Å². The number of aromatic nitrogens is 6. The van der Waals surface area contributed by atoms with E-state index in [0.717, 1.165) is 0 Å². The van der Waals surface area contributed by atoms with Crippen molar-refractivity contribution in [2.45, 2.75) is 75.0 Å². The fraction of sp³-hybridized carbons (Fsp3) is 0.385. The third-order valence-electron chi connectivity index (χ3n) is 6.81. The summed E-state index contributed by atoms with van der Waals surface area (Å²) in [5.74, 6) is -3.12. The minimum atomic E-state index is -4.96. The first-order chi connectivity index (χ1) is 20.5. The molecule has 0 unspecified atom stereocenters. The molecule has 0 aliphatic heterocycles. The first-order valence-corrected chi connectivity index (χ1v) is 13.3. The standard InChI is InChI=1S/C26H20F12N6S/c1-11-15(7-23(27,28)29)13(3)19(5-17(11)43-9-39-21(41-43)25(33,34)35)45-20-6-18(44-10-40-22(42-44)26(36,37)38)12(2)16(14(20)4)8-24(30,31)32/h5-6,9-10H,7-8H2,1-4H3. The Morgan fingerprint density at radius 1 is 0.556 bits per heavy atom. The van der Waals surface area contributed by atoms with E-state index >= 15 is 0 Å². The molecular formula is C26H20F12N6S. The van der Waals surface area contributed by atoms with E-state index in [9.17, 15) is 52.7 Å². The average Bonchev–Trinajstić information content (AvgIpc) is 3.57. The Labute approximate surface area is 250 Å². The minimum absolute atomic E-state index is 0.00402. The summed E-state index contributed by atoms with van der Waals surface area (Å²) in [6.07, 6.45) is -21.1. The molecule has 0 saturated heterocycles. The van der Waals surface area contributed by atoms with Crippen molar-refractivity contribution in [3.8, 4) is 11.4 Å². The Morgan fingerprint density at radius 2 is 0.889 bits per heavy atom. The van der Waals surface area contributed by atoms with Crippen molar-refractivity contribution in [2.75, 3.05) is 0 Å². The van der Waals surface area contributed by atoms with E-state index in [-0.39, 0.29) is 54.5 Å². The van der Waals surface area contributed by atoms with Crippen molar-refractivity contribution in [3.05, 3.63) is 69.8 Å². The van der Waals surface area contributed by atoms with Crippen LogP contribution < -0.4 is 0 Å². The number of hydrogen-bond donors (Lipinski definition) is 0. The van der Waals surface area contributed by atoms with Crippen molar-refractivity contribution in [1.82, 2.24) is 29.5 Å². The normalized spacial score (nSPS) is 13.2. The zero-order chi connectivity index (χ0) is 33.9. The first-order valence-electron chi connectivity index (χ1n) is 12.5. The molecule has 0 fully saturated rings. The number of alkyl halides is 12. The molecule has 19 heteroatoms. The molecule has 0 N–H and O–H groups in total. The zero-order valence-corrected chi connectivity index (χ0v) is 24.2. The van der Waals surface area contributed by atoms with E-state index in [1.54, 1.807) is 0 Å². The third kappa shape index (κ3) is 7.55. The van der Waals surface area contributed by atoms with Gasteiger partial charge in [0.2, 0.25) is 0 Å². The number of rotatable bonds is 6. The third-order valence-corrected chi connectivity index (χ3v) is 8.10. The van der Waals surface area contributed by atoms with Gasteiger partial charge in [-0.1, -0.05) is 11.8 Å². The van der Waals surface area contributed by atoms with Gasteiger partial charge in [0.1, 0.15) is 12.7 Å². The Kier molecular flexibility index (Phi) is 8.75. The summed E-state index contributed by atoms with van der Waals surface area (Å²) in [5.41, 5.74) is -1.17. The topological polar surface area (TPSA) is 61.4 Å². The van der Waals surface area contributed by atoms with Gasteiger partial charge in [-0.05, 0) is 73.2 Å². The molecule has 0 aliphatic rings. The largest absolute Gasteiger partial charge is 0.453 e. The van der Waals surface area contributed by atoms with Crippen LogP contribution in [0.15, 0.2) is 34.6 Å². The molecule has 45 heavy (non-hydrogen) atoms. The van der Waals surface area contributed by atoms with Gasteiger partial charge in [-0.2, -0.15) is 52.7 Å². The Bertz CT molecular complexity index is 1600. The summed E-state index contributed by atoms with van der Waals surface area (Å²) in [4.78, 5) is 6.36. The maximum atomic E-state index is 13.6. The van der Waals surface area contributed by atoms with Crippen LogP contribution in [0.1, 0.15) is 45.0 Å². The SMILES string of the molecule is Cc1c(Sc2cc(-n3cnc(C(F)(F)F)n3)c(C)c(CC(F)(F)F)c2C)cc(-n2cnc(C(F)(F)F)n2)c(C)c1CC(F)(F)F. The molecule has 2 heterocycles. The molecule has 0 spiro atoms. The molecule has 0 aliphatic carbocycles. The quantitative estimate of drug-likeness (QED) is 0.192. The van der Waals surface area contributed by atoms with Crippen LogP contribution in [0.3, 0.4) is 0 Å². The summed E-state index contributed by atoms with van der Waals surface area (Å²) in [6, 6.07) is 2.42. The predicted molar refractivity (Wildman–Crippen MR) is 135 cm³/mol. The van der Waals surface area contributed by atoms with E-state index in [0.29, 0.717) is 33.8 Å². The van der Waals surface area contributed by atoms with Gasteiger partial charge in [-0.25, -0.2) is 19.3 Å². The smallest absolute Gasteiger partial charge is 0.220 e. The summed E-state index contributed by atoms with van der Waals surface area (Å²) < 4.78 is 162. The van der Waals surface area contributed by atoms with Crippen LogP contribution in [0, 0.1) is 27.7 Å². The second kappa shape index (κ2) is 11.5. The van der Waals surface area contributed by atoms with Crippen LogP contribution in [0.2, 0.25) is 0 Å². The molecule has 0 bridgehead atoms. The number of halogens is 12. The van der Waals surface area contributed by atoms with Gasteiger partial charge in [0.15, 0.2) is 0 Å². The molecule has 244 valence electrons. The van der Waals surface area contributed by atoms with Crippen molar-refractivity contribution in [3.63, 3.8) is 0 Å². The van der Waals surface area contributed by atoms with Gasteiger partial charge in [-0.3, -0.25) is 0 Å². The maximum Gasteiger partial charge on any atom is 0.453 e. The Balaban J connectivity index is 1.95. The fourth-order valence-electron chi connectivity index (χ4n) is 4.61. The lowest BCUT2D eigenvalue weighted by Gasteiger charge is -2.22. The fourth-order valence-corrected chi connectivity index (χ4v) is 5.74. The highest BCUT2D eigenvalue weighted by Crippen LogP contribution is 2.42. The Hall–Kier alpha value is -3.77. The van der Waals surface area contributed by atoms with Gasteiger partial charge in [0, 0.05) is 9.79 Å². The molecule has 4 aromatic rings. The molecule has 4 rings (SSSR count). The molecule has 0 amide bonds. The molecule has 2 aromatic heterocycles. The van der Waals surface area contributed by atoms with E-state index in [2.05, 4.69) is 20.2 Å². The van der Waals surface area contributed by atoms with Gasteiger partial charge in [0.25, 0.3) is 11.6 Å². The molecule has 2 aromatic carbocycles. The highest BCUT2D eigenvalue weighted by atomic mass is 32.2. The van der Waals surface area contributed by atoms with Crippen molar-refractivity contribution in [1.29, 1.82) is 0 Å². The summed E-state index contributed by atoms with van der Waals surface area (Å²) >= 11 is 0.679. The van der Waals surface area contributed by atoms with E-state index < -0.39 is 49.2 Å². The summed E-state index contributed by atoms with van der Waals surface area (Å²) in [5, 5.41) is 6.68. The lowest BCUT2D eigenvalue weighted by molar-refractivity contribution is -0.145. The average molecular weight is 677 g/mol. The van der Waals surface area contributed by atoms with Crippen LogP contribution in [-0.2, 0) is 25.2 Å². The monoisotopic (exact) mass is 676 g/mol. The van der Waals surface area contributed by atoms with Crippen LogP contribution in [-0.4, -0.2) is 41.9 Å². The predicted octanol–water partition coefficient (Wildman–Crippen LogP) is 8.48.